The minimum absolute atomic E-state index is 0.121. The molecule has 26 heavy (non-hydrogen) atoms. The van der Waals surface area contributed by atoms with Crippen molar-refractivity contribution in [3.63, 3.8) is 0 Å². The largest absolute Gasteiger partial charge is 0.350 e. The van der Waals surface area contributed by atoms with E-state index >= 15 is 0 Å². The molecule has 1 amide bonds. The van der Waals surface area contributed by atoms with Crippen molar-refractivity contribution >= 4 is 33.3 Å². The maximum Gasteiger partial charge on any atom is 0.242 e. The molecular weight excluding hydrogens is 351 g/mol. The lowest BCUT2D eigenvalue weighted by Gasteiger charge is -2.22. The van der Waals surface area contributed by atoms with Crippen molar-refractivity contribution in [1.82, 2.24) is 14.9 Å². The number of aromatic nitrogens is 2. The summed E-state index contributed by atoms with van der Waals surface area (Å²) >= 11 is 1.52. The number of likely N-dealkylation sites (N-methyl/N-ethyl adjacent to an activating group) is 1. The molecule has 0 aliphatic carbocycles. The smallest absolute Gasteiger partial charge is 0.242 e. The van der Waals surface area contributed by atoms with E-state index in [0.717, 1.165) is 53.1 Å². The molecule has 0 atom stereocenters. The molecule has 0 radical (unpaired) electrons. The molecular formula is C19H19FN4OS. The molecule has 1 aliphatic heterocycles. The van der Waals surface area contributed by atoms with Crippen molar-refractivity contribution in [2.45, 2.75) is 12.8 Å². The van der Waals surface area contributed by atoms with Gasteiger partial charge in [0, 0.05) is 31.1 Å². The Kier molecular flexibility index (Phi) is 4.55. The zero-order valence-electron chi connectivity index (χ0n) is 14.5. The second kappa shape index (κ2) is 6.99. The monoisotopic (exact) mass is 370 g/mol. The molecule has 7 heteroatoms. The second-order valence-electron chi connectivity index (χ2n) is 6.48. The van der Waals surface area contributed by atoms with Gasteiger partial charge in [0.15, 0.2) is 0 Å². The van der Waals surface area contributed by atoms with Crippen molar-refractivity contribution in [3.05, 3.63) is 41.8 Å². The van der Waals surface area contributed by atoms with E-state index < -0.39 is 0 Å². The van der Waals surface area contributed by atoms with Crippen LogP contribution in [0.5, 0.6) is 0 Å². The van der Waals surface area contributed by atoms with E-state index in [1.54, 1.807) is 12.1 Å². The SMILES string of the molecule is CN(CC(=O)N1CCCC1)c1ncnc2scc(-c3ccc(F)cc3)c12. The van der Waals surface area contributed by atoms with Crippen molar-refractivity contribution in [3.8, 4) is 11.1 Å². The van der Waals surface area contributed by atoms with Crippen LogP contribution in [0.4, 0.5) is 10.2 Å². The summed E-state index contributed by atoms with van der Waals surface area (Å²) in [4.78, 5) is 25.9. The van der Waals surface area contributed by atoms with Crippen LogP contribution in [-0.4, -0.2) is 47.5 Å². The number of hydrogen-bond acceptors (Lipinski definition) is 5. The molecule has 0 unspecified atom stereocenters. The first kappa shape index (κ1) is 16.9. The van der Waals surface area contributed by atoms with Crippen LogP contribution in [0.25, 0.3) is 21.3 Å². The summed E-state index contributed by atoms with van der Waals surface area (Å²) in [5, 5.41) is 2.91. The van der Waals surface area contributed by atoms with Gasteiger partial charge in [0.2, 0.25) is 5.91 Å². The highest BCUT2D eigenvalue weighted by molar-refractivity contribution is 7.17. The van der Waals surface area contributed by atoms with Gasteiger partial charge in [-0.05, 0) is 30.5 Å². The Morgan fingerprint density at radius 2 is 1.96 bits per heavy atom. The normalized spacial score (nSPS) is 14.2. The average molecular weight is 370 g/mol. The molecule has 5 nitrogen and oxygen atoms in total. The summed E-state index contributed by atoms with van der Waals surface area (Å²) in [6.45, 7) is 1.96. The first-order valence-electron chi connectivity index (χ1n) is 8.60. The van der Waals surface area contributed by atoms with Crippen molar-refractivity contribution < 1.29 is 9.18 Å². The highest BCUT2D eigenvalue weighted by Gasteiger charge is 2.22. The summed E-state index contributed by atoms with van der Waals surface area (Å²) in [7, 11) is 1.88. The highest BCUT2D eigenvalue weighted by Crippen LogP contribution is 2.37. The number of amides is 1. The van der Waals surface area contributed by atoms with E-state index in [0.29, 0.717) is 0 Å². The zero-order valence-corrected chi connectivity index (χ0v) is 15.3. The molecule has 0 saturated carbocycles. The van der Waals surface area contributed by atoms with Gasteiger partial charge in [0.1, 0.15) is 22.8 Å². The predicted octanol–water partition coefficient (Wildman–Crippen LogP) is 3.56. The van der Waals surface area contributed by atoms with Gasteiger partial charge in [0.05, 0.1) is 11.9 Å². The second-order valence-corrected chi connectivity index (χ2v) is 7.34. The summed E-state index contributed by atoms with van der Waals surface area (Å²) < 4.78 is 13.3. The molecule has 134 valence electrons. The number of nitrogens with zero attached hydrogens (tertiary/aromatic N) is 4. The lowest BCUT2D eigenvalue weighted by atomic mass is 10.1. The fourth-order valence-electron chi connectivity index (χ4n) is 3.33. The number of carbonyl (C=O) groups is 1. The molecule has 4 rings (SSSR count). The average Bonchev–Trinajstić information content (AvgIpc) is 3.32. The summed E-state index contributed by atoms with van der Waals surface area (Å²) in [5.74, 6) is 0.580. The van der Waals surface area contributed by atoms with Gasteiger partial charge in [-0.1, -0.05) is 12.1 Å². The molecule has 3 aromatic rings. The van der Waals surface area contributed by atoms with Gasteiger partial charge in [-0.15, -0.1) is 11.3 Å². The third-order valence-electron chi connectivity index (χ3n) is 4.70. The summed E-state index contributed by atoms with van der Waals surface area (Å²) in [5.41, 5.74) is 1.87. The van der Waals surface area contributed by atoms with Crippen molar-refractivity contribution in [1.29, 1.82) is 0 Å². The minimum Gasteiger partial charge on any atom is -0.350 e. The Morgan fingerprint density at radius 1 is 1.23 bits per heavy atom. The van der Waals surface area contributed by atoms with Gasteiger partial charge in [-0.2, -0.15) is 0 Å². The van der Waals surface area contributed by atoms with Crippen LogP contribution in [0.1, 0.15) is 12.8 Å². The topological polar surface area (TPSA) is 49.3 Å². The number of likely N-dealkylation sites (tertiary alicyclic amines) is 1. The van der Waals surface area contributed by atoms with E-state index in [4.69, 9.17) is 0 Å². The Bertz CT molecular complexity index is 934. The van der Waals surface area contributed by atoms with E-state index in [9.17, 15) is 9.18 Å². The Morgan fingerprint density at radius 3 is 2.69 bits per heavy atom. The standard InChI is InChI=1S/C19H19FN4OS/c1-23(10-16(25)24-8-2-3-9-24)18-17-15(11-26-19(17)22-12-21-18)13-4-6-14(20)7-5-13/h4-7,11-12H,2-3,8-10H2,1H3. The van der Waals surface area contributed by atoms with E-state index in [1.165, 1.54) is 29.8 Å². The number of benzene rings is 1. The number of anilines is 1. The van der Waals surface area contributed by atoms with Crippen LogP contribution >= 0.6 is 11.3 Å². The van der Waals surface area contributed by atoms with Crippen molar-refractivity contribution in [2.24, 2.45) is 0 Å². The molecule has 1 aromatic carbocycles. The van der Waals surface area contributed by atoms with Gasteiger partial charge >= 0.3 is 0 Å². The van der Waals surface area contributed by atoms with E-state index in [-0.39, 0.29) is 18.3 Å². The third-order valence-corrected chi connectivity index (χ3v) is 5.58. The van der Waals surface area contributed by atoms with Gasteiger partial charge in [-0.25, -0.2) is 14.4 Å². The van der Waals surface area contributed by atoms with Crippen LogP contribution in [0.3, 0.4) is 0 Å². The minimum atomic E-state index is -0.266. The quantitative estimate of drug-likeness (QED) is 0.705. The van der Waals surface area contributed by atoms with Gasteiger partial charge in [-0.3, -0.25) is 4.79 Å². The zero-order chi connectivity index (χ0) is 18.1. The first-order valence-corrected chi connectivity index (χ1v) is 9.48. The molecule has 1 saturated heterocycles. The number of fused-ring (bicyclic) bond motifs is 1. The summed E-state index contributed by atoms with van der Waals surface area (Å²) in [6.07, 6.45) is 3.68. The summed E-state index contributed by atoms with van der Waals surface area (Å²) in [6, 6.07) is 6.40. The number of hydrogen-bond donors (Lipinski definition) is 0. The number of halogens is 1. The molecule has 0 spiro atoms. The lowest BCUT2D eigenvalue weighted by Crippen LogP contribution is -2.37. The van der Waals surface area contributed by atoms with Crippen LogP contribution < -0.4 is 4.90 Å². The Hall–Kier alpha value is -2.54. The molecule has 0 bridgehead atoms. The Balaban J connectivity index is 1.69. The maximum atomic E-state index is 13.3. The van der Waals surface area contributed by atoms with Gasteiger partial charge < -0.3 is 9.80 Å². The predicted molar refractivity (Wildman–Crippen MR) is 102 cm³/mol. The molecule has 0 N–H and O–H groups in total. The number of thiophene rings is 1. The fourth-order valence-corrected chi connectivity index (χ4v) is 4.25. The molecule has 2 aromatic heterocycles. The van der Waals surface area contributed by atoms with E-state index in [2.05, 4.69) is 9.97 Å². The fraction of sp³-hybridized carbons (Fsp3) is 0.316. The maximum absolute atomic E-state index is 13.3. The van der Waals surface area contributed by atoms with Gasteiger partial charge in [0.25, 0.3) is 0 Å². The molecule has 1 fully saturated rings. The van der Waals surface area contributed by atoms with Crippen LogP contribution in [-0.2, 0) is 4.79 Å². The van der Waals surface area contributed by atoms with Crippen molar-refractivity contribution in [2.75, 3.05) is 31.6 Å². The van der Waals surface area contributed by atoms with Crippen LogP contribution in [0.15, 0.2) is 36.0 Å². The Labute approximate surface area is 155 Å². The third kappa shape index (κ3) is 3.14. The number of rotatable bonds is 4. The molecule has 3 heterocycles. The van der Waals surface area contributed by atoms with Crippen LogP contribution in [0.2, 0.25) is 0 Å². The van der Waals surface area contributed by atoms with E-state index in [1.807, 2.05) is 22.2 Å². The molecule has 1 aliphatic rings. The lowest BCUT2D eigenvalue weighted by molar-refractivity contribution is -0.128. The number of carbonyl (C=O) groups excluding carboxylic acids is 1. The van der Waals surface area contributed by atoms with Crippen LogP contribution in [0, 0.1) is 5.82 Å². The first-order chi connectivity index (χ1) is 12.6. The highest BCUT2D eigenvalue weighted by atomic mass is 32.1.